The van der Waals surface area contributed by atoms with Gasteiger partial charge in [0.2, 0.25) is 0 Å². The van der Waals surface area contributed by atoms with Crippen LogP contribution in [0.25, 0.3) is 99.9 Å². The first kappa shape index (κ1) is 29.0. The maximum absolute atomic E-state index is 6.36. The summed E-state index contributed by atoms with van der Waals surface area (Å²) in [6.07, 6.45) is 0. The van der Waals surface area contributed by atoms with Gasteiger partial charge in [0.25, 0.3) is 0 Å². The van der Waals surface area contributed by atoms with Crippen molar-refractivity contribution in [2.24, 2.45) is 0 Å². The van der Waals surface area contributed by atoms with Crippen molar-refractivity contribution < 1.29 is 4.42 Å². The first-order valence-electron chi connectivity index (χ1n) is 17.1. The topological polar surface area (TPSA) is 51.8 Å². The molecule has 0 aliphatic rings. The lowest BCUT2D eigenvalue weighted by Crippen LogP contribution is -2.00. The lowest BCUT2D eigenvalue weighted by molar-refractivity contribution is 0.669. The van der Waals surface area contributed by atoms with Gasteiger partial charge in [-0.3, -0.25) is 0 Å². The molecule has 0 amide bonds. The molecular formula is C47H29N3O. The molecule has 0 saturated heterocycles. The lowest BCUT2D eigenvalue weighted by Gasteiger charge is -2.11. The number of fused-ring (bicyclic) bond motifs is 5. The van der Waals surface area contributed by atoms with E-state index in [0.717, 1.165) is 66.3 Å². The Morgan fingerprint density at radius 3 is 1.63 bits per heavy atom. The third kappa shape index (κ3) is 5.22. The van der Waals surface area contributed by atoms with Crippen LogP contribution in [0, 0.1) is 0 Å². The second kappa shape index (κ2) is 11.9. The van der Waals surface area contributed by atoms with Crippen LogP contribution < -0.4 is 0 Å². The molecule has 4 nitrogen and oxygen atoms in total. The number of hydrogen-bond donors (Lipinski definition) is 0. The zero-order valence-electron chi connectivity index (χ0n) is 27.5. The monoisotopic (exact) mass is 651 g/mol. The van der Waals surface area contributed by atoms with E-state index in [2.05, 4.69) is 164 Å². The predicted octanol–water partition coefficient (Wildman–Crippen LogP) is 12.4. The normalized spacial score (nSPS) is 11.5. The van der Waals surface area contributed by atoms with Crippen molar-refractivity contribution in [2.75, 3.05) is 0 Å². The molecular weight excluding hydrogens is 623 g/mol. The van der Waals surface area contributed by atoms with Gasteiger partial charge >= 0.3 is 0 Å². The summed E-state index contributed by atoms with van der Waals surface area (Å²) in [6, 6.07) is 61.1. The molecule has 51 heavy (non-hydrogen) atoms. The second-order valence-corrected chi connectivity index (χ2v) is 12.9. The fourth-order valence-electron chi connectivity index (χ4n) is 7.11. The summed E-state index contributed by atoms with van der Waals surface area (Å²) in [4.78, 5) is 15.2. The molecule has 2 aromatic heterocycles. The molecule has 10 aromatic rings. The lowest BCUT2D eigenvalue weighted by atomic mass is 9.97. The summed E-state index contributed by atoms with van der Waals surface area (Å²) in [5.41, 5.74) is 9.04. The summed E-state index contributed by atoms with van der Waals surface area (Å²) in [7, 11) is 0. The van der Waals surface area contributed by atoms with Crippen LogP contribution in [0.1, 0.15) is 0 Å². The molecule has 0 bridgehead atoms. The highest BCUT2D eigenvalue weighted by molar-refractivity contribution is 6.15. The molecule has 0 N–H and O–H groups in total. The molecule has 0 saturated carbocycles. The Balaban J connectivity index is 1.10. The van der Waals surface area contributed by atoms with E-state index in [0.29, 0.717) is 17.5 Å². The maximum Gasteiger partial charge on any atom is 0.164 e. The van der Waals surface area contributed by atoms with Gasteiger partial charge in [-0.1, -0.05) is 146 Å². The van der Waals surface area contributed by atoms with Crippen LogP contribution in [0.3, 0.4) is 0 Å². The highest BCUT2D eigenvalue weighted by Crippen LogP contribution is 2.39. The molecule has 0 aliphatic carbocycles. The highest BCUT2D eigenvalue weighted by Gasteiger charge is 2.16. The Morgan fingerprint density at radius 2 is 0.863 bits per heavy atom. The molecule has 0 spiro atoms. The first-order chi connectivity index (χ1) is 25.2. The van der Waals surface area contributed by atoms with E-state index in [4.69, 9.17) is 19.4 Å². The average Bonchev–Trinajstić information content (AvgIpc) is 3.57. The smallest absolute Gasteiger partial charge is 0.164 e. The summed E-state index contributed by atoms with van der Waals surface area (Å²) < 4.78 is 6.36. The van der Waals surface area contributed by atoms with Gasteiger partial charge in [-0.05, 0) is 74.1 Å². The molecule has 2 heterocycles. The van der Waals surface area contributed by atoms with E-state index >= 15 is 0 Å². The third-order valence-corrected chi connectivity index (χ3v) is 9.69. The van der Waals surface area contributed by atoms with Crippen molar-refractivity contribution in [1.82, 2.24) is 15.0 Å². The summed E-state index contributed by atoms with van der Waals surface area (Å²) in [5, 5.41) is 6.91. The van der Waals surface area contributed by atoms with Crippen LogP contribution in [0.2, 0.25) is 0 Å². The van der Waals surface area contributed by atoms with Crippen molar-refractivity contribution in [3.8, 4) is 56.4 Å². The standard InChI is InChI=1S/C47H29N3O/c1-2-10-30(11-3-1)35-16-8-17-38(26-35)46-48-45(49-47(50-46)39-25-20-31-12-4-5-13-34(31)27-39)33-23-21-32(22-24-33)40-18-9-19-42-44(40)41-28-36-14-6-7-15-37(36)29-43(41)51-42/h1-29H. The van der Waals surface area contributed by atoms with Gasteiger partial charge in [-0.15, -0.1) is 0 Å². The molecule has 10 rings (SSSR count). The quantitative estimate of drug-likeness (QED) is 0.186. The van der Waals surface area contributed by atoms with Gasteiger partial charge in [0.05, 0.1) is 0 Å². The van der Waals surface area contributed by atoms with E-state index in [1.165, 1.54) is 16.2 Å². The van der Waals surface area contributed by atoms with Crippen molar-refractivity contribution in [2.45, 2.75) is 0 Å². The zero-order chi connectivity index (χ0) is 33.7. The van der Waals surface area contributed by atoms with E-state index in [1.807, 2.05) is 12.1 Å². The minimum absolute atomic E-state index is 0.623. The van der Waals surface area contributed by atoms with Crippen LogP contribution in [-0.2, 0) is 0 Å². The molecule has 4 heteroatoms. The SMILES string of the molecule is c1ccc(-c2cccc(-c3nc(-c4ccc(-c5cccc6oc7cc8ccccc8cc7c56)cc4)nc(-c4ccc5ccccc5c4)n3)c2)cc1. The number of hydrogen-bond acceptors (Lipinski definition) is 4. The van der Waals surface area contributed by atoms with Gasteiger partial charge < -0.3 is 4.42 Å². The summed E-state index contributed by atoms with van der Waals surface area (Å²) in [5.74, 6) is 1.89. The summed E-state index contributed by atoms with van der Waals surface area (Å²) >= 11 is 0. The molecule has 0 radical (unpaired) electrons. The van der Waals surface area contributed by atoms with E-state index in [9.17, 15) is 0 Å². The van der Waals surface area contributed by atoms with Gasteiger partial charge in [-0.2, -0.15) is 0 Å². The highest BCUT2D eigenvalue weighted by atomic mass is 16.3. The van der Waals surface area contributed by atoms with Gasteiger partial charge in [0.1, 0.15) is 11.2 Å². The van der Waals surface area contributed by atoms with E-state index in [-0.39, 0.29) is 0 Å². The van der Waals surface area contributed by atoms with Gasteiger partial charge in [0.15, 0.2) is 17.5 Å². The molecule has 238 valence electrons. The number of furan rings is 1. The van der Waals surface area contributed by atoms with Crippen LogP contribution in [0.4, 0.5) is 0 Å². The van der Waals surface area contributed by atoms with Gasteiger partial charge in [-0.25, -0.2) is 15.0 Å². The predicted molar refractivity (Wildman–Crippen MR) is 209 cm³/mol. The Hall–Kier alpha value is -6.91. The van der Waals surface area contributed by atoms with E-state index in [1.54, 1.807) is 0 Å². The fraction of sp³-hybridized carbons (Fsp3) is 0. The molecule has 0 fully saturated rings. The van der Waals surface area contributed by atoms with Crippen LogP contribution in [0.5, 0.6) is 0 Å². The Kier molecular flexibility index (Phi) is 6.78. The average molecular weight is 652 g/mol. The zero-order valence-corrected chi connectivity index (χ0v) is 27.5. The third-order valence-electron chi connectivity index (χ3n) is 9.69. The van der Waals surface area contributed by atoms with Gasteiger partial charge in [0, 0.05) is 27.5 Å². The van der Waals surface area contributed by atoms with Crippen LogP contribution in [0.15, 0.2) is 180 Å². The largest absolute Gasteiger partial charge is 0.456 e. The number of aromatic nitrogens is 3. The van der Waals surface area contributed by atoms with Crippen LogP contribution >= 0.6 is 0 Å². The Labute approximate surface area is 294 Å². The van der Waals surface area contributed by atoms with Crippen molar-refractivity contribution >= 4 is 43.5 Å². The second-order valence-electron chi connectivity index (χ2n) is 12.9. The number of nitrogens with zero attached hydrogens (tertiary/aromatic N) is 3. The molecule has 0 unspecified atom stereocenters. The first-order valence-corrected chi connectivity index (χ1v) is 17.1. The minimum Gasteiger partial charge on any atom is -0.456 e. The minimum atomic E-state index is 0.623. The van der Waals surface area contributed by atoms with Crippen molar-refractivity contribution in [1.29, 1.82) is 0 Å². The Bertz CT molecular complexity index is 2910. The fourth-order valence-corrected chi connectivity index (χ4v) is 7.11. The van der Waals surface area contributed by atoms with Crippen LogP contribution in [-0.4, -0.2) is 15.0 Å². The van der Waals surface area contributed by atoms with Crippen molar-refractivity contribution in [3.63, 3.8) is 0 Å². The molecule has 0 atom stereocenters. The molecule has 0 aliphatic heterocycles. The number of benzene rings is 8. The molecule has 8 aromatic carbocycles. The summed E-state index contributed by atoms with van der Waals surface area (Å²) in [6.45, 7) is 0. The Morgan fingerprint density at radius 1 is 0.314 bits per heavy atom. The number of rotatable bonds is 5. The maximum atomic E-state index is 6.36. The van der Waals surface area contributed by atoms with Crippen molar-refractivity contribution in [3.05, 3.63) is 176 Å². The van der Waals surface area contributed by atoms with E-state index < -0.39 is 0 Å².